The minimum atomic E-state index is -1.02. The number of ether oxygens (including phenoxy) is 2. The number of carbonyl (C=O) groups is 2. The highest BCUT2D eigenvalue weighted by Gasteiger charge is 2.34. The molecular formula is C18H25NO5. The first-order valence-electron chi connectivity index (χ1n) is 8.32. The lowest BCUT2D eigenvalue weighted by atomic mass is 10.1. The highest BCUT2D eigenvalue weighted by Crippen LogP contribution is 2.23. The number of benzene rings is 1. The fraction of sp³-hybridized carbons (Fsp3) is 0.556. The lowest BCUT2D eigenvalue weighted by Gasteiger charge is -2.18. The predicted molar refractivity (Wildman–Crippen MR) is 88.9 cm³/mol. The molecule has 6 nitrogen and oxygen atoms in total. The summed E-state index contributed by atoms with van der Waals surface area (Å²) >= 11 is 0. The van der Waals surface area contributed by atoms with E-state index in [9.17, 15) is 9.59 Å². The zero-order valence-electron chi connectivity index (χ0n) is 14.4. The van der Waals surface area contributed by atoms with E-state index in [1.807, 2.05) is 32.0 Å². The normalized spacial score (nSPS) is 21.3. The third-order valence-corrected chi connectivity index (χ3v) is 4.17. The molecule has 1 aliphatic rings. The Labute approximate surface area is 142 Å². The topological polar surface area (TPSA) is 84.9 Å². The number of carbonyl (C=O) groups excluding carboxylic acids is 1. The van der Waals surface area contributed by atoms with Gasteiger partial charge in [-0.1, -0.05) is 19.1 Å². The van der Waals surface area contributed by atoms with Gasteiger partial charge in [0.05, 0.1) is 6.10 Å². The van der Waals surface area contributed by atoms with Crippen LogP contribution in [0.5, 0.6) is 5.75 Å². The van der Waals surface area contributed by atoms with Gasteiger partial charge in [-0.05, 0) is 44.7 Å². The second-order valence-corrected chi connectivity index (χ2v) is 6.19. The molecular weight excluding hydrogens is 310 g/mol. The van der Waals surface area contributed by atoms with Crippen molar-refractivity contribution in [3.63, 3.8) is 0 Å². The molecule has 0 radical (unpaired) electrons. The average molecular weight is 335 g/mol. The third-order valence-electron chi connectivity index (χ3n) is 4.17. The van der Waals surface area contributed by atoms with E-state index in [-0.39, 0.29) is 12.0 Å². The molecule has 1 unspecified atom stereocenters. The smallest absolute Gasteiger partial charge is 0.332 e. The van der Waals surface area contributed by atoms with Gasteiger partial charge in [0.1, 0.15) is 11.9 Å². The van der Waals surface area contributed by atoms with Crippen LogP contribution in [0.25, 0.3) is 0 Å². The van der Waals surface area contributed by atoms with Crippen LogP contribution in [0.15, 0.2) is 18.2 Å². The van der Waals surface area contributed by atoms with E-state index in [0.29, 0.717) is 19.4 Å². The first-order chi connectivity index (χ1) is 11.4. The Bertz CT molecular complexity index is 601. The van der Waals surface area contributed by atoms with E-state index in [2.05, 4.69) is 12.2 Å². The fourth-order valence-corrected chi connectivity index (χ4v) is 2.53. The van der Waals surface area contributed by atoms with Crippen LogP contribution in [-0.4, -0.2) is 35.3 Å². The summed E-state index contributed by atoms with van der Waals surface area (Å²) in [5.41, 5.74) is 1.98. The van der Waals surface area contributed by atoms with Gasteiger partial charge in [-0.3, -0.25) is 4.79 Å². The van der Waals surface area contributed by atoms with Crippen LogP contribution in [0.3, 0.4) is 0 Å². The number of carboxylic acids is 1. The number of hydrogen-bond acceptors (Lipinski definition) is 4. The summed E-state index contributed by atoms with van der Waals surface area (Å²) in [4.78, 5) is 23.1. The summed E-state index contributed by atoms with van der Waals surface area (Å²) in [6, 6.07) is 5.86. The standard InChI is InChI=1S/C18H25NO5/c1-4-12(3)23-16-9-11(2)5-6-13(16)10-19-17(20)14-7-8-15(24-14)18(21)22/h5-6,9,12,14-15H,4,7-8,10H2,1-3H3,(H,19,20)(H,21,22)/t12?,14-,15+/m0/s1. The second kappa shape index (κ2) is 8.15. The second-order valence-electron chi connectivity index (χ2n) is 6.19. The molecule has 1 aromatic rings. The molecule has 1 fully saturated rings. The maximum absolute atomic E-state index is 12.2. The maximum atomic E-state index is 12.2. The van der Waals surface area contributed by atoms with E-state index in [1.165, 1.54) is 0 Å². The molecule has 2 rings (SSSR count). The van der Waals surface area contributed by atoms with E-state index in [1.54, 1.807) is 0 Å². The molecule has 0 aromatic heterocycles. The van der Waals surface area contributed by atoms with Crippen LogP contribution in [0.4, 0.5) is 0 Å². The van der Waals surface area contributed by atoms with Gasteiger partial charge in [0.2, 0.25) is 5.91 Å². The Morgan fingerprint density at radius 3 is 2.71 bits per heavy atom. The Hall–Kier alpha value is -2.08. The molecule has 6 heteroatoms. The Kier molecular flexibility index (Phi) is 6.20. The van der Waals surface area contributed by atoms with Crippen LogP contribution in [0.1, 0.15) is 44.2 Å². The summed E-state index contributed by atoms with van der Waals surface area (Å²) in [6.07, 6.45) is 0.190. The SMILES string of the molecule is CCC(C)Oc1cc(C)ccc1CNC(=O)[C@@H]1CC[C@H](C(=O)O)O1. The van der Waals surface area contributed by atoms with Gasteiger partial charge in [0.25, 0.3) is 0 Å². The van der Waals surface area contributed by atoms with Crippen molar-refractivity contribution >= 4 is 11.9 Å². The van der Waals surface area contributed by atoms with Crippen molar-refractivity contribution in [1.82, 2.24) is 5.32 Å². The van der Waals surface area contributed by atoms with Crippen molar-refractivity contribution in [2.45, 2.75) is 64.9 Å². The van der Waals surface area contributed by atoms with Crippen LogP contribution in [0.2, 0.25) is 0 Å². The molecule has 0 saturated carbocycles. The van der Waals surface area contributed by atoms with Crippen molar-refractivity contribution in [3.05, 3.63) is 29.3 Å². The van der Waals surface area contributed by atoms with Gasteiger partial charge < -0.3 is 19.9 Å². The Balaban J connectivity index is 1.96. The van der Waals surface area contributed by atoms with Gasteiger partial charge in [0.15, 0.2) is 6.10 Å². The highest BCUT2D eigenvalue weighted by molar-refractivity contribution is 5.82. The Morgan fingerprint density at radius 2 is 2.08 bits per heavy atom. The van der Waals surface area contributed by atoms with E-state index in [4.69, 9.17) is 14.6 Å². The van der Waals surface area contributed by atoms with Gasteiger partial charge in [-0.15, -0.1) is 0 Å². The summed E-state index contributed by atoms with van der Waals surface area (Å²) in [7, 11) is 0. The minimum Gasteiger partial charge on any atom is -0.490 e. The van der Waals surface area contributed by atoms with E-state index < -0.39 is 18.2 Å². The molecule has 1 aliphatic heterocycles. The van der Waals surface area contributed by atoms with Crippen molar-refractivity contribution in [2.24, 2.45) is 0 Å². The molecule has 1 heterocycles. The van der Waals surface area contributed by atoms with Crippen molar-refractivity contribution in [1.29, 1.82) is 0 Å². The largest absolute Gasteiger partial charge is 0.490 e. The van der Waals surface area contributed by atoms with Crippen LogP contribution in [-0.2, 0) is 20.9 Å². The molecule has 1 aromatic carbocycles. The van der Waals surface area contributed by atoms with Crippen molar-refractivity contribution < 1.29 is 24.2 Å². The number of rotatable bonds is 7. The molecule has 2 N–H and O–H groups in total. The van der Waals surface area contributed by atoms with Crippen LogP contribution >= 0.6 is 0 Å². The highest BCUT2D eigenvalue weighted by atomic mass is 16.5. The van der Waals surface area contributed by atoms with Gasteiger partial charge >= 0.3 is 5.97 Å². The number of nitrogens with one attached hydrogen (secondary N) is 1. The molecule has 0 bridgehead atoms. The van der Waals surface area contributed by atoms with Crippen LogP contribution in [0, 0.1) is 6.92 Å². The molecule has 1 amide bonds. The number of hydrogen-bond donors (Lipinski definition) is 2. The predicted octanol–water partition coefficient (Wildman–Crippen LogP) is 2.42. The summed E-state index contributed by atoms with van der Waals surface area (Å²) in [6.45, 7) is 6.37. The molecule has 0 spiro atoms. The average Bonchev–Trinajstić information content (AvgIpc) is 3.04. The minimum absolute atomic E-state index is 0.0933. The fourth-order valence-electron chi connectivity index (χ4n) is 2.53. The lowest BCUT2D eigenvalue weighted by Crippen LogP contribution is -2.35. The first kappa shape index (κ1) is 18.3. The zero-order chi connectivity index (χ0) is 17.7. The number of amides is 1. The number of aliphatic carboxylic acids is 1. The summed E-state index contributed by atoms with van der Waals surface area (Å²) in [5, 5.41) is 11.7. The zero-order valence-corrected chi connectivity index (χ0v) is 14.4. The monoisotopic (exact) mass is 335 g/mol. The van der Waals surface area contributed by atoms with Crippen molar-refractivity contribution in [2.75, 3.05) is 0 Å². The van der Waals surface area contributed by atoms with Crippen molar-refractivity contribution in [3.8, 4) is 5.75 Å². The number of carboxylic acid groups (broad SMARTS) is 1. The van der Waals surface area contributed by atoms with Crippen LogP contribution < -0.4 is 10.1 Å². The van der Waals surface area contributed by atoms with Gasteiger partial charge in [-0.25, -0.2) is 4.79 Å². The first-order valence-corrected chi connectivity index (χ1v) is 8.32. The lowest BCUT2D eigenvalue weighted by molar-refractivity contribution is -0.151. The summed E-state index contributed by atoms with van der Waals surface area (Å²) in [5.74, 6) is -0.540. The molecule has 1 saturated heterocycles. The third kappa shape index (κ3) is 4.71. The van der Waals surface area contributed by atoms with E-state index in [0.717, 1.165) is 23.3 Å². The molecule has 24 heavy (non-hydrogen) atoms. The molecule has 132 valence electrons. The molecule has 3 atom stereocenters. The van der Waals surface area contributed by atoms with Gasteiger partial charge in [0, 0.05) is 12.1 Å². The Morgan fingerprint density at radius 1 is 1.38 bits per heavy atom. The summed E-state index contributed by atoms with van der Waals surface area (Å²) < 4.78 is 11.2. The van der Waals surface area contributed by atoms with E-state index >= 15 is 0 Å². The molecule has 0 aliphatic carbocycles. The number of aryl methyl sites for hydroxylation is 1. The van der Waals surface area contributed by atoms with Gasteiger partial charge in [-0.2, -0.15) is 0 Å². The maximum Gasteiger partial charge on any atom is 0.332 e. The quantitative estimate of drug-likeness (QED) is 0.799.